The summed E-state index contributed by atoms with van der Waals surface area (Å²) in [6, 6.07) is 8.92. The Morgan fingerprint density at radius 2 is 1.91 bits per heavy atom. The lowest BCUT2D eigenvalue weighted by Crippen LogP contribution is -2.41. The van der Waals surface area contributed by atoms with E-state index >= 15 is 0 Å². The summed E-state index contributed by atoms with van der Waals surface area (Å²) < 4.78 is 16.1. The van der Waals surface area contributed by atoms with E-state index in [2.05, 4.69) is 5.32 Å². The molecule has 1 atom stereocenters. The highest BCUT2D eigenvalue weighted by Gasteiger charge is 2.32. The first kappa shape index (κ1) is 23.9. The summed E-state index contributed by atoms with van der Waals surface area (Å²) in [7, 11) is 3.17. The van der Waals surface area contributed by atoms with Crippen LogP contribution in [-0.2, 0) is 20.7 Å². The molecule has 172 valence electrons. The van der Waals surface area contributed by atoms with Gasteiger partial charge in [-0.3, -0.25) is 14.5 Å². The number of rotatable bonds is 8. The number of halogens is 1. The largest absolute Gasteiger partial charge is 0.493 e. The van der Waals surface area contributed by atoms with Crippen LogP contribution in [0.25, 0.3) is 0 Å². The predicted octanol–water partition coefficient (Wildman–Crippen LogP) is 4.16. The SMILES string of the molecule is CCOC(=O)C[C@H]1c2cc(OC)c(OC)cc2CCN1CC(=O)Nc1cccc(Cl)c1C. The average Bonchev–Trinajstić information content (AvgIpc) is 2.77. The van der Waals surface area contributed by atoms with Crippen molar-refractivity contribution in [1.82, 2.24) is 4.90 Å². The summed E-state index contributed by atoms with van der Waals surface area (Å²) >= 11 is 6.17. The molecule has 1 aliphatic rings. The van der Waals surface area contributed by atoms with Crippen molar-refractivity contribution < 1.29 is 23.8 Å². The van der Waals surface area contributed by atoms with Crippen LogP contribution in [-0.4, -0.2) is 50.7 Å². The minimum Gasteiger partial charge on any atom is -0.493 e. The molecule has 8 heteroatoms. The van der Waals surface area contributed by atoms with Crippen LogP contribution in [0.2, 0.25) is 5.02 Å². The second-order valence-corrected chi connectivity index (χ2v) is 8.02. The second kappa shape index (κ2) is 10.7. The molecule has 0 radical (unpaired) electrons. The molecule has 1 amide bonds. The van der Waals surface area contributed by atoms with E-state index in [-0.39, 0.29) is 30.9 Å². The fraction of sp³-hybridized carbons (Fsp3) is 0.417. The molecule has 7 nitrogen and oxygen atoms in total. The molecule has 2 aromatic rings. The van der Waals surface area contributed by atoms with Crippen LogP contribution >= 0.6 is 11.6 Å². The maximum absolute atomic E-state index is 12.9. The Bertz CT molecular complexity index is 995. The molecule has 2 aromatic carbocycles. The number of fused-ring (bicyclic) bond motifs is 1. The van der Waals surface area contributed by atoms with Gasteiger partial charge in [-0.1, -0.05) is 17.7 Å². The van der Waals surface area contributed by atoms with Gasteiger partial charge in [-0.2, -0.15) is 0 Å². The van der Waals surface area contributed by atoms with Crippen molar-refractivity contribution in [3.05, 3.63) is 52.0 Å². The van der Waals surface area contributed by atoms with E-state index in [0.29, 0.717) is 35.4 Å². The first-order chi connectivity index (χ1) is 15.4. The number of methoxy groups -OCH3 is 2. The lowest BCUT2D eigenvalue weighted by atomic mass is 9.90. The van der Waals surface area contributed by atoms with Gasteiger partial charge < -0.3 is 19.5 Å². The van der Waals surface area contributed by atoms with Crippen molar-refractivity contribution in [1.29, 1.82) is 0 Å². The molecule has 1 N–H and O–H groups in total. The van der Waals surface area contributed by atoms with Crippen LogP contribution in [0, 0.1) is 6.92 Å². The van der Waals surface area contributed by atoms with Gasteiger partial charge in [0.1, 0.15) is 0 Å². The van der Waals surface area contributed by atoms with Crippen LogP contribution in [0.15, 0.2) is 30.3 Å². The minimum atomic E-state index is -0.316. The monoisotopic (exact) mass is 460 g/mol. The quantitative estimate of drug-likeness (QED) is 0.596. The zero-order valence-electron chi connectivity index (χ0n) is 18.9. The Morgan fingerprint density at radius 3 is 2.59 bits per heavy atom. The molecular formula is C24H29ClN2O5. The molecule has 1 heterocycles. The van der Waals surface area contributed by atoms with Gasteiger partial charge >= 0.3 is 5.97 Å². The molecule has 0 aliphatic carbocycles. The molecule has 32 heavy (non-hydrogen) atoms. The first-order valence-corrected chi connectivity index (χ1v) is 10.9. The van der Waals surface area contributed by atoms with E-state index in [1.807, 2.05) is 30.0 Å². The summed E-state index contributed by atoms with van der Waals surface area (Å²) in [5.41, 5.74) is 3.49. The normalized spacial score (nSPS) is 15.6. The van der Waals surface area contributed by atoms with E-state index < -0.39 is 0 Å². The first-order valence-electron chi connectivity index (χ1n) is 10.6. The van der Waals surface area contributed by atoms with Gasteiger partial charge in [-0.15, -0.1) is 0 Å². The third-order valence-corrected chi connectivity index (χ3v) is 6.08. The van der Waals surface area contributed by atoms with Gasteiger partial charge in [0.15, 0.2) is 11.5 Å². The number of nitrogens with one attached hydrogen (secondary N) is 1. The number of anilines is 1. The third-order valence-electron chi connectivity index (χ3n) is 5.67. The number of hydrogen-bond acceptors (Lipinski definition) is 6. The number of esters is 1. The molecule has 0 fully saturated rings. The predicted molar refractivity (Wildman–Crippen MR) is 124 cm³/mol. The highest BCUT2D eigenvalue weighted by molar-refractivity contribution is 6.31. The number of carbonyl (C=O) groups is 2. The summed E-state index contributed by atoms with van der Waals surface area (Å²) in [6.07, 6.45) is 0.859. The van der Waals surface area contributed by atoms with E-state index in [9.17, 15) is 9.59 Å². The van der Waals surface area contributed by atoms with Crippen molar-refractivity contribution in [2.24, 2.45) is 0 Å². The van der Waals surface area contributed by atoms with Crippen molar-refractivity contribution in [3.8, 4) is 11.5 Å². The number of hydrogen-bond donors (Lipinski definition) is 1. The number of carbonyl (C=O) groups excluding carboxylic acids is 2. The van der Waals surface area contributed by atoms with Gasteiger partial charge in [-0.05, 0) is 61.2 Å². The third kappa shape index (κ3) is 5.34. The molecule has 0 saturated carbocycles. The average molecular weight is 461 g/mol. The smallest absolute Gasteiger partial charge is 0.307 e. The van der Waals surface area contributed by atoms with Crippen LogP contribution in [0.1, 0.15) is 36.1 Å². The van der Waals surface area contributed by atoms with Crippen LogP contribution in [0.4, 0.5) is 5.69 Å². The maximum Gasteiger partial charge on any atom is 0.307 e. The fourth-order valence-corrected chi connectivity index (χ4v) is 4.18. The molecule has 0 spiro atoms. The van der Waals surface area contributed by atoms with Crippen LogP contribution in [0.3, 0.4) is 0 Å². The fourth-order valence-electron chi connectivity index (χ4n) is 4.00. The lowest BCUT2D eigenvalue weighted by molar-refractivity contribution is -0.145. The Morgan fingerprint density at radius 1 is 1.19 bits per heavy atom. The molecule has 3 rings (SSSR count). The van der Waals surface area contributed by atoms with Crippen molar-refractivity contribution in [2.75, 3.05) is 39.2 Å². The molecule has 0 bridgehead atoms. The number of benzene rings is 2. The van der Waals surface area contributed by atoms with Crippen molar-refractivity contribution >= 4 is 29.2 Å². The standard InChI is InChI=1S/C24H29ClN2O5/c1-5-32-24(29)13-20-17-12-22(31-4)21(30-3)11-16(17)9-10-27(20)14-23(28)26-19-8-6-7-18(25)15(19)2/h6-8,11-12,20H,5,9-10,13-14H2,1-4H3,(H,26,28)/t20-/m0/s1. The Kier molecular flexibility index (Phi) is 7.99. The Hall–Kier alpha value is -2.77. The van der Waals surface area contributed by atoms with Gasteiger partial charge in [0.2, 0.25) is 5.91 Å². The minimum absolute atomic E-state index is 0.129. The molecular weight excluding hydrogens is 432 g/mol. The van der Waals surface area contributed by atoms with Gasteiger partial charge in [0, 0.05) is 23.3 Å². The molecule has 0 aromatic heterocycles. The van der Waals surface area contributed by atoms with E-state index in [0.717, 1.165) is 23.1 Å². The van der Waals surface area contributed by atoms with Crippen molar-refractivity contribution in [3.63, 3.8) is 0 Å². The Labute approximate surface area is 193 Å². The molecule has 0 saturated heterocycles. The van der Waals surface area contributed by atoms with Gasteiger partial charge in [0.25, 0.3) is 0 Å². The van der Waals surface area contributed by atoms with E-state index in [4.69, 9.17) is 25.8 Å². The number of ether oxygens (including phenoxy) is 3. The summed E-state index contributed by atoms with van der Waals surface area (Å²) in [4.78, 5) is 27.3. The topological polar surface area (TPSA) is 77.1 Å². The van der Waals surface area contributed by atoms with Crippen LogP contribution < -0.4 is 14.8 Å². The highest BCUT2D eigenvalue weighted by atomic mass is 35.5. The molecule has 0 unspecified atom stereocenters. The maximum atomic E-state index is 12.9. The second-order valence-electron chi connectivity index (χ2n) is 7.61. The van der Waals surface area contributed by atoms with Crippen molar-refractivity contribution in [2.45, 2.75) is 32.7 Å². The summed E-state index contributed by atoms with van der Waals surface area (Å²) in [5, 5.41) is 3.53. The number of nitrogens with zero attached hydrogens (tertiary/aromatic N) is 1. The summed E-state index contributed by atoms with van der Waals surface area (Å²) in [5.74, 6) is 0.745. The van der Waals surface area contributed by atoms with E-state index in [1.165, 1.54) is 0 Å². The lowest BCUT2D eigenvalue weighted by Gasteiger charge is -2.37. The van der Waals surface area contributed by atoms with E-state index in [1.54, 1.807) is 33.3 Å². The summed E-state index contributed by atoms with van der Waals surface area (Å²) in [6.45, 7) is 4.69. The number of amides is 1. The Balaban J connectivity index is 1.86. The molecule has 1 aliphatic heterocycles. The van der Waals surface area contributed by atoms with Gasteiger partial charge in [-0.25, -0.2) is 0 Å². The zero-order chi connectivity index (χ0) is 23.3. The van der Waals surface area contributed by atoms with Gasteiger partial charge in [0.05, 0.1) is 33.8 Å². The highest BCUT2D eigenvalue weighted by Crippen LogP contribution is 2.39. The zero-order valence-corrected chi connectivity index (χ0v) is 19.6. The van der Waals surface area contributed by atoms with Crippen LogP contribution in [0.5, 0.6) is 11.5 Å².